The molecule has 3 heterocycles. The molecule has 12 heteroatoms. The number of thiol groups is 1. The number of amides is 2. The zero-order valence-electron chi connectivity index (χ0n) is 22.4. The second-order valence-corrected chi connectivity index (χ2v) is 11.6. The lowest BCUT2D eigenvalue weighted by molar-refractivity contribution is -0.450. The molecule has 0 bridgehead atoms. The van der Waals surface area contributed by atoms with Gasteiger partial charge in [0.2, 0.25) is 5.91 Å². The Bertz CT molecular complexity index is 1590. The number of nitrogens with zero attached hydrogens (tertiary/aromatic N) is 5. The van der Waals surface area contributed by atoms with E-state index >= 15 is 0 Å². The largest absolute Gasteiger partial charge is 0.383 e. The van der Waals surface area contributed by atoms with Gasteiger partial charge in [0.15, 0.2) is 11.3 Å². The molecule has 1 aromatic carbocycles. The van der Waals surface area contributed by atoms with Gasteiger partial charge in [-0.05, 0) is 79.3 Å². The van der Waals surface area contributed by atoms with Gasteiger partial charge in [-0.1, -0.05) is 33.3 Å². The van der Waals surface area contributed by atoms with E-state index in [9.17, 15) is 9.59 Å². The molecule has 1 saturated carbocycles. The summed E-state index contributed by atoms with van der Waals surface area (Å²) in [6.07, 6.45) is 4.38. The molecule has 40 heavy (non-hydrogen) atoms. The third-order valence-electron chi connectivity index (χ3n) is 7.32. The van der Waals surface area contributed by atoms with Crippen LogP contribution < -0.4 is 11.5 Å². The van der Waals surface area contributed by atoms with E-state index in [1.54, 1.807) is 18.1 Å². The van der Waals surface area contributed by atoms with E-state index in [4.69, 9.17) is 27.8 Å². The summed E-state index contributed by atoms with van der Waals surface area (Å²) in [6, 6.07) is 3.67. The number of hydrogen-bond donors (Lipinski definition) is 3. The number of primary amides is 1. The molecule has 0 spiro atoms. The highest BCUT2D eigenvalue weighted by molar-refractivity contribution is 7.65. The number of aromatic nitrogens is 2. The van der Waals surface area contributed by atoms with Gasteiger partial charge in [-0.25, -0.2) is 0 Å². The number of hydrogen-bond acceptors (Lipinski definition) is 6. The molecule has 2 amide bonds. The summed E-state index contributed by atoms with van der Waals surface area (Å²) in [5.74, 6) is 6.62. The van der Waals surface area contributed by atoms with Gasteiger partial charge in [0.1, 0.15) is 0 Å². The van der Waals surface area contributed by atoms with Crippen LogP contribution in [0.15, 0.2) is 41.3 Å². The first-order chi connectivity index (χ1) is 19.2. The highest BCUT2D eigenvalue weighted by atomic mass is 35.5. The summed E-state index contributed by atoms with van der Waals surface area (Å²) in [7, 11) is 1.62. The molecular weight excluding hydrogens is 550 g/mol. The van der Waals surface area contributed by atoms with Crippen molar-refractivity contribution < 1.29 is 18.4 Å². The van der Waals surface area contributed by atoms with Crippen molar-refractivity contribution in [2.45, 2.75) is 38.1 Å². The van der Waals surface area contributed by atoms with Gasteiger partial charge in [0, 0.05) is 30.4 Å². The fourth-order valence-electron chi connectivity index (χ4n) is 5.28. The molecule has 208 valence electrons. The molecule has 2 atom stereocenters. The maximum absolute atomic E-state index is 12.3. The minimum Gasteiger partial charge on any atom is -0.383 e. The third kappa shape index (κ3) is 5.52. The number of halogens is 1. The molecule has 2 aliphatic heterocycles. The van der Waals surface area contributed by atoms with Crippen molar-refractivity contribution in [3.8, 4) is 11.8 Å². The third-order valence-corrected chi connectivity index (χ3v) is 8.88. The number of carbonyl (C=O) groups is 2. The molecule has 1 unspecified atom stereocenters. The van der Waals surface area contributed by atoms with E-state index in [0.29, 0.717) is 40.9 Å². The molecule has 2 fully saturated rings. The van der Waals surface area contributed by atoms with Crippen LogP contribution in [0.25, 0.3) is 10.9 Å². The molecule has 1 aliphatic carbocycles. The molecule has 3 aliphatic rings. The number of carbonyl (C=O) groups excluding carboxylic acids is 2. The van der Waals surface area contributed by atoms with Crippen LogP contribution >= 0.6 is 11.6 Å². The highest BCUT2D eigenvalue weighted by Gasteiger charge is 2.35. The average Bonchev–Trinajstić information content (AvgIpc) is 3.59. The number of fused-ring (bicyclic) bond motifs is 1. The molecule has 4 N–H and O–H groups in total. The standard InChI is InChI=1S/C28H30ClN7O3S/c1-4-24(37)35-12-16(9-19(35)13-39-3)14-40-36-27(30)26(28(31)38)22(34-36)8-7-18-10-23-20(11-21(18)29)25(17-5-6-17)15(2)32-33-23/h4,10-11,16-17,19,40H,1,5-6,9,12-14H2,2-3H3,(H3-,30,31,34,38)/p+1/t16?,19-/m1/s1. The van der Waals surface area contributed by atoms with Gasteiger partial charge >= 0.3 is 5.82 Å². The Labute approximate surface area is 241 Å². The van der Waals surface area contributed by atoms with E-state index in [0.717, 1.165) is 41.9 Å². The van der Waals surface area contributed by atoms with E-state index in [1.807, 2.05) is 13.0 Å². The quantitative estimate of drug-likeness (QED) is 0.198. The topological polar surface area (TPSA) is 140 Å². The van der Waals surface area contributed by atoms with E-state index in [-0.39, 0.29) is 35.0 Å². The lowest BCUT2D eigenvalue weighted by Crippen LogP contribution is -2.37. The molecule has 2 aromatic rings. The Morgan fingerprint density at radius 2 is 2.10 bits per heavy atom. The first-order valence-corrected chi connectivity index (χ1v) is 14.4. The molecule has 10 nitrogen and oxygen atoms in total. The molecule has 1 aromatic heterocycles. The van der Waals surface area contributed by atoms with Crippen molar-refractivity contribution in [2.24, 2.45) is 22.5 Å². The van der Waals surface area contributed by atoms with Gasteiger partial charge in [0.25, 0.3) is 5.91 Å². The summed E-state index contributed by atoms with van der Waals surface area (Å²) in [5, 5.41) is 14.6. The van der Waals surface area contributed by atoms with Crippen LogP contribution in [0, 0.1) is 24.7 Å². The smallest absolute Gasteiger partial charge is 0.320 e. The van der Waals surface area contributed by atoms with Crippen molar-refractivity contribution in [1.82, 2.24) is 15.1 Å². The van der Waals surface area contributed by atoms with Gasteiger partial charge in [-0.3, -0.25) is 15.3 Å². The van der Waals surface area contributed by atoms with Crippen molar-refractivity contribution >= 4 is 51.6 Å². The number of methoxy groups -OCH3 is 1. The Balaban J connectivity index is 1.41. The summed E-state index contributed by atoms with van der Waals surface area (Å²) < 4.78 is 6.81. The first kappa shape index (κ1) is 28.0. The zero-order valence-corrected chi connectivity index (χ0v) is 24.0. The Kier molecular flexibility index (Phi) is 8.03. The van der Waals surface area contributed by atoms with Crippen LogP contribution in [-0.4, -0.2) is 68.7 Å². The van der Waals surface area contributed by atoms with Gasteiger partial charge in [-0.2, -0.15) is 10.2 Å². The van der Waals surface area contributed by atoms with Crippen molar-refractivity contribution in [2.75, 3.05) is 26.0 Å². The minimum absolute atomic E-state index is 0.0195. The number of hydrazone groups is 1. The van der Waals surface area contributed by atoms with Crippen LogP contribution in [0.4, 0.5) is 0 Å². The van der Waals surface area contributed by atoms with Crippen molar-refractivity contribution in [1.29, 1.82) is 0 Å². The Hall–Kier alpha value is -3.59. The van der Waals surface area contributed by atoms with E-state index < -0.39 is 5.91 Å². The number of aryl methyl sites for hydroxylation is 1. The van der Waals surface area contributed by atoms with Crippen molar-refractivity contribution in [3.05, 3.63) is 58.0 Å². The Morgan fingerprint density at radius 3 is 2.77 bits per heavy atom. The predicted octanol–water partition coefficient (Wildman–Crippen LogP) is 1.91. The van der Waals surface area contributed by atoms with Crippen LogP contribution in [0.2, 0.25) is 5.02 Å². The molecule has 1 saturated heterocycles. The average molecular weight is 581 g/mol. The van der Waals surface area contributed by atoms with Crippen LogP contribution in [-0.2, 0) is 25.9 Å². The number of likely N-dealkylation sites (tertiary alicyclic amines) is 1. The monoisotopic (exact) mass is 580 g/mol. The summed E-state index contributed by atoms with van der Waals surface area (Å²) >= 11 is 7.36. The van der Waals surface area contributed by atoms with Crippen LogP contribution in [0.1, 0.15) is 42.0 Å². The van der Waals surface area contributed by atoms with Gasteiger partial charge < -0.3 is 15.4 Å². The SMILES string of the molecule is C=CC(=O)N1CC(C/[SH]=[N+]2/N=C(C#Cc3cc4nnc(C)c(C5CC5)c4cc3Cl)C(C(N)=O)=C2N)C[C@@H]1COC. The zero-order chi connectivity index (χ0) is 28.6. The van der Waals surface area contributed by atoms with Gasteiger partial charge in [-0.15, -0.1) is 0 Å². The number of ether oxygens (including phenoxy) is 1. The summed E-state index contributed by atoms with van der Waals surface area (Å²) in [4.78, 5) is 26.3. The number of rotatable bonds is 7. The number of nitrogens with two attached hydrogens (primary N) is 2. The lowest BCUT2D eigenvalue weighted by atomic mass is 10.0. The van der Waals surface area contributed by atoms with Crippen molar-refractivity contribution in [3.63, 3.8) is 0 Å². The lowest BCUT2D eigenvalue weighted by Gasteiger charge is -2.22. The molecule has 5 rings (SSSR count). The van der Waals surface area contributed by atoms with Crippen LogP contribution in [0.5, 0.6) is 0 Å². The highest BCUT2D eigenvalue weighted by Crippen LogP contribution is 2.44. The first-order valence-electron chi connectivity index (χ1n) is 13.0. The summed E-state index contributed by atoms with van der Waals surface area (Å²) in [6.45, 7) is 6.59. The predicted molar refractivity (Wildman–Crippen MR) is 156 cm³/mol. The van der Waals surface area contributed by atoms with E-state index in [1.165, 1.54) is 15.7 Å². The normalized spacial score (nSPS) is 21.7. The van der Waals surface area contributed by atoms with Gasteiger partial charge in [0.05, 0.1) is 28.9 Å². The second kappa shape index (κ2) is 11.5. The van der Waals surface area contributed by atoms with E-state index in [2.05, 4.69) is 33.7 Å². The fraction of sp³-hybridized carbons (Fsp3) is 0.393. The summed E-state index contributed by atoms with van der Waals surface area (Å²) in [5.41, 5.74) is 15.5. The number of benzene rings is 1. The minimum atomic E-state index is -0.716. The fourth-order valence-corrected chi connectivity index (χ4v) is 6.55. The maximum atomic E-state index is 12.3. The maximum Gasteiger partial charge on any atom is 0.320 e. The molecule has 0 radical (unpaired) electrons. The van der Waals surface area contributed by atoms with Crippen LogP contribution in [0.3, 0.4) is 0 Å². The second-order valence-electron chi connectivity index (χ2n) is 10.2. The Morgan fingerprint density at radius 1 is 1.32 bits per heavy atom. The molecular formula is C28H31ClN7O3S+.